The van der Waals surface area contributed by atoms with Gasteiger partial charge in [-0.05, 0) is 18.3 Å². The number of hydrogen-bond acceptors (Lipinski definition) is 3. The van der Waals surface area contributed by atoms with Gasteiger partial charge >= 0.3 is 0 Å². The van der Waals surface area contributed by atoms with Crippen molar-refractivity contribution < 1.29 is 14.7 Å². The molecule has 0 spiro atoms. The third kappa shape index (κ3) is 5.68. The zero-order chi connectivity index (χ0) is 13.6. The second-order valence-electron chi connectivity index (χ2n) is 4.92. The molecule has 0 bridgehead atoms. The summed E-state index contributed by atoms with van der Waals surface area (Å²) in [5.74, 6) is -0.915. The van der Waals surface area contributed by atoms with Crippen LogP contribution in [0.5, 0.6) is 0 Å². The molecule has 4 N–H and O–H groups in total. The Kier molecular flexibility index (Phi) is 6.80. The molecule has 3 atom stereocenters. The molecule has 0 unspecified atom stereocenters. The Balaban J connectivity index is 4.45. The smallest absolute Gasteiger partial charge is 0.249 e. The van der Waals surface area contributed by atoms with Gasteiger partial charge in [-0.1, -0.05) is 34.1 Å². The maximum Gasteiger partial charge on any atom is 0.249 e. The number of hydrogen-bond donors (Lipinski definition) is 3. The van der Waals surface area contributed by atoms with E-state index in [9.17, 15) is 14.7 Å². The Labute approximate surface area is 103 Å². The van der Waals surface area contributed by atoms with Crippen LogP contribution in [0.2, 0.25) is 0 Å². The standard InChI is InChI=1S/C12H24N2O3/c1-5-8(4)10(11(13)16)14-12(17)9(15)6-7(2)3/h7-10,15H,5-6H2,1-4H3,(H2,13,16)(H,14,17)/t8-,9-,10+/m1/s1. The minimum Gasteiger partial charge on any atom is -0.383 e. The molecule has 100 valence electrons. The first-order valence-electron chi connectivity index (χ1n) is 6.07. The first-order valence-corrected chi connectivity index (χ1v) is 6.07. The van der Waals surface area contributed by atoms with Crippen LogP contribution in [0, 0.1) is 11.8 Å². The average molecular weight is 244 g/mol. The predicted octanol–water partition coefficient (Wildman–Crippen LogP) is 0.410. The molecule has 0 saturated heterocycles. The Hall–Kier alpha value is -1.10. The quantitative estimate of drug-likeness (QED) is 0.605. The van der Waals surface area contributed by atoms with E-state index in [1.54, 1.807) is 0 Å². The van der Waals surface area contributed by atoms with Crippen LogP contribution in [0.1, 0.15) is 40.5 Å². The molecular weight excluding hydrogens is 220 g/mol. The number of primary amides is 1. The average Bonchev–Trinajstić information content (AvgIpc) is 2.22. The van der Waals surface area contributed by atoms with Crippen molar-refractivity contribution in [1.29, 1.82) is 0 Å². The molecule has 0 aromatic rings. The molecule has 0 aromatic carbocycles. The number of aliphatic hydroxyl groups is 1. The van der Waals surface area contributed by atoms with E-state index >= 15 is 0 Å². The third-order valence-corrected chi connectivity index (χ3v) is 2.81. The van der Waals surface area contributed by atoms with Crippen LogP contribution in [0.25, 0.3) is 0 Å². The fraction of sp³-hybridized carbons (Fsp3) is 0.833. The lowest BCUT2D eigenvalue weighted by atomic mass is 9.97. The predicted molar refractivity (Wildman–Crippen MR) is 66.0 cm³/mol. The third-order valence-electron chi connectivity index (χ3n) is 2.81. The Morgan fingerprint density at radius 1 is 1.29 bits per heavy atom. The Morgan fingerprint density at radius 3 is 2.18 bits per heavy atom. The molecule has 0 saturated carbocycles. The van der Waals surface area contributed by atoms with Crippen molar-refractivity contribution in [3.8, 4) is 0 Å². The molecule has 5 heteroatoms. The van der Waals surface area contributed by atoms with Crippen molar-refractivity contribution >= 4 is 11.8 Å². The van der Waals surface area contributed by atoms with Gasteiger partial charge in [0.15, 0.2) is 0 Å². The monoisotopic (exact) mass is 244 g/mol. The normalized spacial score (nSPS) is 16.4. The molecule has 0 rings (SSSR count). The van der Waals surface area contributed by atoms with E-state index in [-0.39, 0.29) is 11.8 Å². The number of nitrogens with two attached hydrogens (primary N) is 1. The van der Waals surface area contributed by atoms with E-state index in [1.165, 1.54) is 0 Å². The highest BCUT2D eigenvalue weighted by Crippen LogP contribution is 2.09. The van der Waals surface area contributed by atoms with Crippen LogP contribution in [0.15, 0.2) is 0 Å². The fourth-order valence-corrected chi connectivity index (χ4v) is 1.53. The van der Waals surface area contributed by atoms with Gasteiger partial charge in [0, 0.05) is 0 Å². The number of nitrogens with one attached hydrogen (secondary N) is 1. The highest BCUT2D eigenvalue weighted by Gasteiger charge is 2.26. The summed E-state index contributed by atoms with van der Waals surface area (Å²) in [6.07, 6.45) is 0.0207. The molecule has 0 fully saturated rings. The second kappa shape index (κ2) is 7.27. The molecule has 0 aromatic heterocycles. The summed E-state index contributed by atoms with van der Waals surface area (Å²) < 4.78 is 0. The topological polar surface area (TPSA) is 92.4 Å². The van der Waals surface area contributed by atoms with Crippen LogP contribution in [-0.4, -0.2) is 29.1 Å². The molecule has 0 radical (unpaired) electrons. The van der Waals surface area contributed by atoms with Crippen LogP contribution < -0.4 is 11.1 Å². The number of carbonyl (C=O) groups is 2. The maximum absolute atomic E-state index is 11.6. The van der Waals surface area contributed by atoms with Gasteiger partial charge in [0.1, 0.15) is 12.1 Å². The minimum absolute atomic E-state index is 0.0392. The van der Waals surface area contributed by atoms with Crippen molar-refractivity contribution in [1.82, 2.24) is 5.32 Å². The van der Waals surface area contributed by atoms with E-state index in [2.05, 4.69) is 5.32 Å². The van der Waals surface area contributed by atoms with Gasteiger partial charge < -0.3 is 16.2 Å². The Morgan fingerprint density at radius 2 is 1.82 bits per heavy atom. The number of amides is 2. The van der Waals surface area contributed by atoms with Crippen LogP contribution in [0.4, 0.5) is 0 Å². The highest BCUT2D eigenvalue weighted by atomic mass is 16.3. The largest absolute Gasteiger partial charge is 0.383 e. The van der Waals surface area contributed by atoms with Crippen LogP contribution >= 0.6 is 0 Å². The van der Waals surface area contributed by atoms with Crippen molar-refractivity contribution in [2.24, 2.45) is 17.6 Å². The summed E-state index contributed by atoms with van der Waals surface area (Å²) in [4.78, 5) is 22.9. The van der Waals surface area contributed by atoms with E-state index in [0.29, 0.717) is 6.42 Å². The molecule has 2 amide bonds. The molecule has 0 aliphatic carbocycles. The van der Waals surface area contributed by atoms with Gasteiger partial charge in [0.2, 0.25) is 11.8 Å². The van der Waals surface area contributed by atoms with Gasteiger partial charge in [-0.25, -0.2) is 0 Å². The first-order chi connectivity index (χ1) is 7.79. The molecule has 17 heavy (non-hydrogen) atoms. The van der Waals surface area contributed by atoms with Gasteiger partial charge in [-0.15, -0.1) is 0 Å². The van der Waals surface area contributed by atoms with Gasteiger partial charge in [0.05, 0.1) is 0 Å². The molecular formula is C12H24N2O3. The summed E-state index contributed by atoms with van der Waals surface area (Å²) in [7, 11) is 0. The minimum atomic E-state index is -1.08. The lowest BCUT2D eigenvalue weighted by molar-refractivity contribution is -0.134. The Bertz CT molecular complexity index is 266. The van der Waals surface area contributed by atoms with Gasteiger partial charge in [-0.2, -0.15) is 0 Å². The van der Waals surface area contributed by atoms with Crippen molar-refractivity contribution in [3.05, 3.63) is 0 Å². The number of aliphatic hydroxyl groups excluding tert-OH is 1. The fourth-order valence-electron chi connectivity index (χ4n) is 1.53. The van der Waals surface area contributed by atoms with E-state index in [4.69, 9.17) is 5.73 Å². The second-order valence-corrected chi connectivity index (χ2v) is 4.92. The SMILES string of the molecule is CC[C@@H](C)[C@H](NC(=O)[C@H](O)CC(C)C)C(N)=O. The lowest BCUT2D eigenvalue weighted by Gasteiger charge is -2.23. The molecule has 0 aliphatic heterocycles. The highest BCUT2D eigenvalue weighted by molar-refractivity contribution is 5.88. The van der Waals surface area contributed by atoms with E-state index < -0.39 is 24.0 Å². The van der Waals surface area contributed by atoms with Crippen LogP contribution in [-0.2, 0) is 9.59 Å². The van der Waals surface area contributed by atoms with Gasteiger partial charge in [0.25, 0.3) is 0 Å². The van der Waals surface area contributed by atoms with Crippen molar-refractivity contribution in [2.75, 3.05) is 0 Å². The van der Waals surface area contributed by atoms with Gasteiger partial charge in [-0.3, -0.25) is 9.59 Å². The molecule has 5 nitrogen and oxygen atoms in total. The summed E-state index contributed by atoms with van der Waals surface area (Å²) in [6, 6.07) is -0.714. The van der Waals surface area contributed by atoms with E-state index in [1.807, 2.05) is 27.7 Å². The zero-order valence-corrected chi connectivity index (χ0v) is 11.1. The molecule has 0 heterocycles. The first kappa shape index (κ1) is 15.9. The summed E-state index contributed by atoms with van der Waals surface area (Å²) in [6.45, 7) is 7.58. The number of rotatable bonds is 7. The lowest BCUT2D eigenvalue weighted by Crippen LogP contribution is -2.51. The van der Waals surface area contributed by atoms with E-state index in [0.717, 1.165) is 6.42 Å². The van der Waals surface area contributed by atoms with Crippen molar-refractivity contribution in [3.63, 3.8) is 0 Å². The van der Waals surface area contributed by atoms with Crippen LogP contribution in [0.3, 0.4) is 0 Å². The molecule has 0 aliphatic rings. The summed E-state index contributed by atoms with van der Waals surface area (Å²) >= 11 is 0. The summed E-state index contributed by atoms with van der Waals surface area (Å²) in [5, 5.41) is 12.1. The van der Waals surface area contributed by atoms with Crippen molar-refractivity contribution in [2.45, 2.75) is 52.7 Å². The number of carbonyl (C=O) groups excluding carboxylic acids is 2. The maximum atomic E-state index is 11.6. The summed E-state index contributed by atoms with van der Waals surface area (Å²) in [5.41, 5.74) is 5.23. The zero-order valence-electron chi connectivity index (χ0n) is 11.1.